The van der Waals surface area contributed by atoms with E-state index in [1.165, 1.54) is 11.3 Å². The molecule has 138 valence electrons. The fraction of sp³-hybridized carbons (Fsp3) is 0.300. The number of pyridine rings is 2. The van der Waals surface area contributed by atoms with Gasteiger partial charge in [0.05, 0.1) is 17.3 Å². The highest BCUT2D eigenvalue weighted by Crippen LogP contribution is 2.24. The summed E-state index contributed by atoms with van der Waals surface area (Å²) < 4.78 is 2.09. The minimum absolute atomic E-state index is 0.0909. The number of nitrogens with zero attached hydrogens (tertiary/aromatic N) is 5. The molecule has 0 saturated heterocycles. The van der Waals surface area contributed by atoms with Crippen LogP contribution in [0, 0.1) is 0 Å². The normalized spacial score (nSPS) is 16.7. The Balaban J connectivity index is 1.37. The quantitative estimate of drug-likeness (QED) is 0.726. The van der Waals surface area contributed by atoms with Gasteiger partial charge in [-0.1, -0.05) is 6.07 Å². The van der Waals surface area contributed by atoms with E-state index < -0.39 is 0 Å². The van der Waals surface area contributed by atoms with Crippen LogP contribution in [0.25, 0.3) is 0 Å². The first-order chi connectivity index (χ1) is 13.3. The van der Waals surface area contributed by atoms with E-state index in [0.717, 1.165) is 26.1 Å². The number of hydrogen-bond acceptors (Lipinski definition) is 5. The average Bonchev–Trinajstić information content (AvgIpc) is 3.18. The van der Waals surface area contributed by atoms with Gasteiger partial charge in [-0.25, -0.2) is 0 Å². The summed E-state index contributed by atoms with van der Waals surface area (Å²) in [6.07, 6.45) is 9.62. The maximum atomic E-state index is 12.2. The van der Waals surface area contributed by atoms with E-state index in [9.17, 15) is 4.79 Å². The molecular formula is C20H22N6O. The summed E-state index contributed by atoms with van der Waals surface area (Å²) in [5, 5.41) is 7.48. The molecule has 0 saturated carbocycles. The monoisotopic (exact) mass is 362 g/mol. The predicted molar refractivity (Wildman–Crippen MR) is 101 cm³/mol. The van der Waals surface area contributed by atoms with Crippen LogP contribution < -0.4 is 5.32 Å². The Morgan fingerprint density at radius 3 is 2.74 bits per heavy atom. The fourth-order valence-corrected chi connectivity index (χ4v) is 3.50. The van der Waals surface area contributed by atoms with E-state index in [2.05, 4.69) is 42.1 Å². The SMILES string of the molecule is O=C(NCC[C@H]1CN(Cc2cccnc2)Cc2ccnn21)c1cccnc1. The molecule has 0 radical (unpaired) electrons. The van der Waals surface area contributed by atoms with Gasteiger partial charge in [0, 0.05) is 57.2 Å². The second-order valence-electron chi connectivity index (χ2n) is 6.74. The highest BCUT2D eigenvalue weighted by molar-refractivity contribution is 5.93. The second kappa shape index (κ2) is 8.09. The molecule has 0 bridgehead atoms. The first-order valence-electron chi connectivity index (χ1n) is 9.11. The number of amides is 1. The maximum Gasteiger partial charge on any atom is 0.252 e. The third-order valence-electron chi connectivity index (χ3n) is 4.77. The van der Waals surface area contributed by atoms with Gasteiger partial charge in [-0.3, -0.25) is 24.3 Å². The van der Waals surface area contributed by atoms with E-state index >= 15 is 0 Å². The predicted octanol–water partition coefficient (Wildman–Crippen LogP) is 2.05. The Hall–Kier alpha value is -3.06. The van der Waals surface area contributed by atoms with Gasteiger partial charge in [-0.05, 0) is 36.2 Å². The number of nitrogens with one attached hydrogen (secondary N) is 1. The number of hydrogen-bond donors (Lipinski definition) is 1. The number of fused-ring (bicyclic) bond motifs is 1. The largest absolute Gasteiger partial charge is 0.352 e. The zero-order chi connectivity index (χ0) is 18.5. The van der Waals surface area contributed by atoms with Crippen LogP contribution >= 0.6 is 0 Å². The number of carbonyl (C=O) groups excluding carboxylic acids is 1. The third-order valence-corrected chi connectivity index (χ3v) is 4.77. The van der Waals surface area contributed by atoms with Crippen LogP contribution in [0.3, 0.4) is 0 Å². The Labute approximate surface area is 158 Å². The molecule has 0 aromatic carbocycles. The van der Waals surface area contributed by atoms with Crippen molar-refractivity contribution >= 4 is 5.91 Å². The lowest BCUT2D eigenvalue weighted by Gasteiger charge is -2.34. The van der Waals surface area contributed by atoms with Crippen molar-refractivity contribution in [1.82, 2.24) is 30.0 Å². The molecule has 1 amide bonds. The number of rotatable bonds is 6. The number of aromatic nitrogens is 4. The van der Waals surface area contributed by atoms with Gasteiger partial charge in [0.25, 0.3) is 5.91 Å². The average molecular weight is 362 g/mol. The topological polar surface area (TPSA) is 75.9 Å². The zero-order valence-electron chi connectivity index (χ0n) is 15.0. The molecule has 27 heavy (non-hydrogen) atoms. The molecule has 3 aromatic heterocycles. The van der Waals surface area contributed by atoms with Gasteiger partial charge in [0.2, 0.25) is 0 Å². The van der Waals surface area contributed by atoms with E-state index in [1.807, 2.05) is 18.5 Å². The first-order valence-corrected chi connectivity index (χ1v) is 9.11. The van der Waals surface area contributed by atoms with Crippen molar-refractivity contribution in [2.24, 2.45) is 0 Å². The Bertz CT molecular complexity index is 880. The van der Waals surface area contributed by atoms with E-state index in [-0.39, 0.29) is 11.9 Å². The molecule has 3 aromatic rings. The molecule has 7 nitrogen and oxygen atoms in total. The number of carbonyl (C=O) groups is 1. The fourth-order valence-electron chi connectivity index (χ4n) is 3.50. The minimum atomic E-state index is -0.0909. The summed E-state index contributed by atoms with van der Waals surface area (Å²) in [6, 6.07) is 9.90. The van der Waals surface area contributed by atoms with Crippen LogP contribution in [0.5, 0.6) is 0 Å². The molecule has 0 aliphatic carbocycles. The lowest BCUT2D eigenvalue weighted by atomic mass is 10.1. The van der Waals surface area contributed by atoms with Gasteiger partial charge in [-0.15, -0.1) is 0 Å². The van der Waals surface area contributed by atoms with Crippen molar-refractivity contribution in [2.75, 3.05) is 13.1 Å². The van der Waals surface area contributed by atoms with Gasteiger partial charge in [-0.2, -0.15) is 5.10 Å². The van der Waals surface area contributed by atoms with Crippen molar-refractivity contribution in [3.05, 3.63) is 78.1 Å². The van der Waals surface area contributed by atoms with E-state index in [4.69, 9.17) is 0 Å². The molecule has 7 heteroatoms. The Morgan fingerprint density at radius 2 is 1.96 bits per heavy atom. The zero-order valence-corrected chi connectivity index (χ0v) is 15.0. The second-order valence-corrected chi connectivity index (χ2v) is 6.74. The highest BCUT2D eigenvalue weighted by atomic mass is 16.1. The molecule has 4 rings (SSSR count). The molecule has 4 heterocycles. The molecule has 1 aliphatic heterocycles. The lowest BCUT2D eigenvalue weighted by molar-refractivity contribution is 0.0946. The van der Waals surface area contributed by atoms with Crippen LogP contribution in [-0.4, -0.2) is 43.6 Å². The van der Waals surface area contributed by atoms with Crippen molar-refractivity contribution in [2.45, 2.75) is 25.6 Å². The van der Waals surface area contributed by atoms with Crippen LogP contribution in [0.15, 0.2) is 61.3 Å². The van der Waals surface area contributed by atoms with Crippen molar-refractivity contribution < 1.29 is 4.79 Å². The van der Waals surface area contributed by atoms with Crippen LogP contribution in [0.4, 0.5) is 0 Å². The Morgan fingerprint density at radius 1 is 1.11 bits per heavy atom. The lowest BCUT2D eigenvalue weighted by Crippen LogP contribution is -2.39. The first kappa shape index (κ1) is 17.4. The van der Waals surface area contributed by atoms with Crippen LogP contribution in [0.1, 0.15) is 34.1 Å². The van der Waals surface area contributed by atoms with Gasteiger partial charge in [0.15, 0.2) is 0 Å². The molecule has 0 unspecified atom stereocenters. The smallest absolute Gasteiger partial charge is 0.252 e. The summed E-state index contributed by atoms with van der Waals surface area (Å²) in [5.74, 6) is -0.0909. The minimum Gasteiger partial charge on any atom is -0.352 e. The molecule has 1 aliphatic rings. The molecule has 0 spiro atoms. The summed E-state index contributed by atoms with van der Waals surface area (Å²) in [6.45, 7) is 3.22. The summed E-state index contributed by atoms with van der Waals surface area (Å²) >= 11 is 0. The van der Waals surface area contributed by atoms with Crippen molar-refractivity contribution in [3.8, 4) is 0 Å². The Kier molecular flexibility index (Phi) is 5.20. The maximum absolute atomic E-state index is 12.2. The van der Waals surface area contributed by atoms with Gasteiger partial charge >= 0.3 is 0 Å². The standard InChI is InChI=1S/C20H22N6O/c27-20(17-4-2-8-22-12-17)23-9-5-18-14-25(13-16-3-1-7-21-11-16)15-19-6-10-24-26(18)19/h1-4,6-8,10-12,18H,5,9,13-15H2,(H,23,27)/t18-/m0/s1. The summed E-state index contributed by atoms with van der Waals surface area (Å²) in [7, 11) is 0. The highest BCUT2D eigenvalue weighted by Gasteiger charge is 2.25. The van der Waals surface area contributed by atoms with Gasteiger partial charge < -0.3 is 5.32 Å². The van der Waals surface area contributed by atoms with Crippen LogP contribution in [0.2, 0.25) is 0 Å². The summed E-state index contributed by atoms with van der Waals surface area (Å²) in [5.41, 5.74) is 2.99. The van der Waals surface area contributed by atoms with Crippen LogP contribution in [-0.2, 0) is 13.1 Å². The molecule has 0 fully saturated rings. The van der Waals surface area contributed by atoms with Crippen molar-refractivity contribution in [1.29, 1.82) is 0 Å². The van der Waals surface area contributed by atoms with E-state index in [1.54, 1.807) is 30.7 Å². The van der Waals surface area contributed by atoms with Gasteiger partial charge in [0.1, 0.15) is 0 Å². The third kappa shape index (κ3) is 4.20. The molecular weight excluding hydrogens is 340 g/mol. The van der Waals surface area contributed by atoms with E-state index in [0.29, 0.717) is 12.1 Å². The van der Waals surface area contributed by atoms with Crippen molar-refractivity contribution in [3.63, 3.8) is 0 Å². The molecule has 1 N–H and O–H groups in total. The summed E-state index contributed by atoms with van der Waals surface area (Å²) in [4.78, 5) is 22.8. The molecule has 1 atom stereocenters.